The van der Waals surface area contributed by atoms with E-state index in [1.54, 1.807) is 0 Å². The molecule has 2 fully saturated rings. The number of carbonyl (C=O) groups is 1. The zero-order chi connectivity index (χ0) is 13.0. The highest BCUT2D eigenvalue weighted by Crippen LogP contribution is 2.13. The van der Waals surface area contributed by atoms with Gasteiger partial charge in [0, 0.05) is 44.8 Å². The van der Waals surface area contributed by atoms with Crippen LogP contribution in [-0.4, -0.2) is 73.2 Å². The predicted octanol–water partition coefficient (Wildman–Crippen LogP) is -0.567. The summed E-state index contributed by atoms with van der Waals surface area (Å²) in [6, 6.07) is 0. The second-order valence-corrected chi connectivity index (χ2v) is 5.04. The minimum atomic E-state index is 0.192. The zero-order valence-corrected chi connectivity index (χ0v) is 11.1. The van der Waals surface area contributed by atoms with Crippen molar-refractivity contribution in [2.45, 2.75) is 13.3 Å². The summed E-state index contributed by atoms with van der Waals surface area (Å²) in [7, 11) is 0. The van der Waals surface area contributed by atoms with Crippen molar-refractivity contribution >= 4 is 5.91 Å². The van der Waals surface area contributed by atoms with Crippen LogP contribution in [0.1, 0.15) is 13.3 Å². The first-order valence-corrected chi connectivity index (χ1v) is 6.74. The molecule has 0 spiro atoms. The molecule has 18 heavy (non-hydrogen) atoms. The fourth-order valence-corrected chi connectivity index (χ4v) is 2.44. The molecule has 0 aliphatic carbocycles. The van der Waals surface area contributed by atoms with Gasteiger partial charge in [0.15, 0.2) is 0 Å². The molecule has 102 valence electrons. The van der Waals surface area contributed by atoms with Crippen LogP contribution in [0.5, 0.6) is 0 Å². The van der Waals surface area contributed by atoms with Crippen molar-refractivity contribution in [3.8, 4) is 0 Å². The average molecular weight is 253 g/mol. The normalized spacial score (nSPS) is 21.4. The van der Waals surface area contributed by atoms with Gasteiger partial charge in [-0.3, -0.25) is 9.69 Å². The SMILES string of the molecule is CC(C(=O)N1CCCN(CCO)CC1)=C1CNC1. The topological polar surface area (TPSA) is 55.8 Å². The Morgan fingerprint density at radius 1 is 1.28 bits per heavy atom. The number of nitrogens with one attached hydrogen (secondary N) is 1. The summed E-state index contributed by atoms with van der Waals surface area (Å²) in [4.78, 5) is 16.5. The van der Waals surface area contributed by atoms with Crippen molar-refractivity contribution in [2.75, 3.05) is 52.4 Å². The van der Waals surface area contributed by atoms with Gasteiger partial charge in [-0.25, -0.2) is 0 Å². The molecule has 0 saturated carbocycles. The highest BCUT2D eigenvalue weighted by Gasteiger charge is 2.23. The molecule has 0 atom stereocenters. The zero-order valence-electron chi connectivity index (χ0n) is 11.1. The Balaban J connectivity index is 1.91. The van der Waals surface area contributed by atoms with Gasteiger partial charge in [-0.05, 0) is 25.5 Å². The first-order valence-electron chi connectivity index (χ1n) is 6.74. The molecule has 0 bridgehead atoms. The van der Waals surface area contributed by atoms with Crippen molar-refractivity contribution in [1.82, 2.24) is 15.1 Å². The number of aliphatic hydroxyl groups is 1. The van der Waals surface area contributed by atoms with Gasteiger partial charge in [0.05, 0.1) is 6.61 Å². The van der Waals surface area contributed by atoms with E-state index in [2.05, 4.69) is 10.2 Å². The number of carbonyl (C=O) groups excluding carboxylic acids is 1. The van der Waals surface area contributed by atoms with Gasteiger partial charge in [-0.15, -0.1) is 0 Å². The third-order valence-electron chi connectivity index (χ3n) is 3.82. The van der Waals surface area contributed by atoms with E-state index in [9.17, 15) is 4.79 Å². The molecule has 0 aromatic rings. The van der Waals surface area contributed by atoms with Gasteiger partial charge < -0.3 is 15.3 Å². The number of β-amino-alcohol motifs (C(OH)–C–C–N with tert-alkyl or cyclic N) is 1. The van der Waals surface area contributed by atoms with Gasteiger partial charge >= 0.3 is 0 Å². The molecule has 5 heteroatoms. The van der Waals surface area contributed by atoms with Crippen molar-refractivity contribution in [1.29, 1.82) is 0 Å². The van der Waals surface area contributed by atoms with E-state index in [1.165, 1.54) is 5.57 Å². The number of amides is 1. The lowest BCUT2D eigenvalue weighted by Gasteiger charge is -2.26. The summed E-state index contributed by atoms with van der Waals surface area (Å²) in [6.07, 6.45) is 0.993. The Bertz CT molecular complexity index is 335. The molecule has 2 aliphatic heterocycles. The van der Waals surface area contributed by atoms with Crippen LogP contribution in [0.3, 0.4) is 0 Å². The Labute approximate surface area is 108 Å². The van der Waals surface area contributed by atoms with E-state index in [4.69, 9.17) is 5.11 Å². The van der Waals surface area contributed by atoms with Crippen molar-refractivity contribution in [3.63, 3.8) is 0 Å². The summed E-state index contributed by atoms with van der Waals surface area (Å²) in [5, 5.41) is 12.1. The van der Waals surface area contributed by atoms with E-state index >= 15 is 0 Å². The number of hydrogen-bond donors (Lipinski definition) is 2. The van der Waals surface area contributed by atoms with Crippen molar-refractivity contribution in [3.05, 3.63) is 11.1 Å². The highest BCUT2D eigenvalue weighted by molar-refractivity contribution is 5.94. The van der Waals surface area contributed by atoms with E-state index in [0.717, 1.165) is 51.3 Å². The average Bonchev–Trinajstić information content (AvgIpc) is 2.52. The predicted molar refractivity (Wildman–Crippen MR) is 70.3 cm³/mol. The smallest absolute Gasteiger partial charge is 0.249 e. The molecule has 2 rings (SSSR count). The summed E-state index contributed by atoms with van der Waals surface area (Å²) >= 11 is 0. The molecule has 5 nitrogen and oxygen atoms in total. The summed E-state index contributed by atoms with van der Waals surface area (Å²) in [5.41, 5.74) is 2.17. The minimum absolute atomic E-state index is 0.192. The molecule has 2 aliphatic rings. The first-order chi connectivity index (χ1) is 8.72. The molecular formula is C13H23N3O2. The fourth-order valence-electron chi connectivity index (χ4n) is 2.44. The van der Waals surface area contributed by atoms with Gasteiger partial charge in [-0.1, -0.05) is 0 Å². The largest absolute Gasteiger partial charge is 0.395 e. The second kappa shape index (κ2) is 6.31. The standard InChI is InChI=1S/C13H23N3O2/c1-11(12-9-14-10-12)13(18)16-4-2-3-15(5-6-16)7-8-17/h14,17H,2-10H2,1H3. The van der Waals surface area contributed by atoms with Gasteiger partial charge in [-0.2, -0.15) is 0 Å². The molecule has 1 amide bonds. The van der Waals surface area contributed by atoms with E-state index < -0.39 is 0 Å². The van der Waals surface area contributed by atoms with Crippen LogP contribution in [0.2, 0.25) is 0 Å². The molecule has 0 unspecified atom stereocenters. The molecular weight excluding hydrogens is 230 g/mol. The Morgan fingerprint density at radius 3 is 2.67 bits per heavy atom. The van der Waals surface area contributed by atoms with Crippen LogP contribution in [-0.2, 0) is 4.79 Å². The van der Waals surface area contributed by atoms with Crippen LogP contribution >= 0.6 is 0 Å². The van der Waals surface area contributed by atoms with E-state index in [-0.39, 0.29) is 12.5 Å². The molecule has 2 N–H and O–H groups in total. The summed E-state index contributed by atoms with van der Waals surface area (Å²) < 4.78 is 0. The van der Waals surface area contributed by atoms with Crippen LogP contribution in [0.4, 0.5) is 0 Å². The lowest BCUT2D eigenvalue weighted by Crippen LogP contribution is -2.40. The lowest BCUT2D eigenvalue weighted by molar-refractivity contribution is -0.127. The maximum Gasteiger partial charge on any atom is 0.249 e. The molecule has 0 aromatic heterocycles. The van der Waals surface area contributed by atoms with Crippen molar-refractivity contribution < 1.29 is 9.90 Å². The minimum Gasteiger partial charge on any atom is -0.395 e. The molecule has 0 radical (unpaired) electrons. The van der Waals surface area contributed by atoms with Gasteiger partial charge in [0.2, 0.25) is 5.91 Å². The first kappa shape index (κ1) is 13.5. The van der Waals surface area contributed by atoms with Gasteiger partial charge in [0.25, 0.3) is 0 Å². The monoisotopic (exact) mass is 253 g/mol. The number of hydrogen-bond acceptors (Lipinski definition) is 4. The fraction of sp³-hybridized carbons (Fsp3) is 0.769. The summed E-state index contributed by atoms with van der Waals surface area (Å²) in [6.45, 7) is 8.03. The molecule has 2 heterocycles. The third-order valence-corrected chi connectivity index (χ3v) is 3.82. The third kappa shape index (κ3) is 3.10. The second-order valence-electron chi connectivity index (χ2n) is 5.04. The van der Waals surface area contributed by atoms with Crippen molar-refractivity contribution in [2.24, 2.45) is 0 Å². The Kier molecular flexibility index (Phi) is 4.74. The van der Waals surface area contributed by atoms with Crippen LogP contribution < -0.4 is 5.32 Å². The Morgan fingerprint density at radius 2 is 2.06 bits per heavy atom. The van der Waals surface area contributed by atoms with Crippen LogP contribution in [0, 0.1) is 0 Å². The highest BCUT2D eigenvalue weighted by atomic mass is 16.3. The Hall–Kier alpha value is -0.910. The quantitative estimate of drug-likeness (QED) is 0.662. The summed E-state index contributed by atoms with van der Waals surface area (Å²) in [5.74, 6) is 0.192. The maximum absolute atomic E-state index is 12.3. The lowest BCUT2D eigenvalue weighted by atomic mass is 10.0. The van der Waals surface area contributed by atoms with E-state index in [0.29, 0.717) is 6.54 Å². The number of aliphatic hydroxyl groups excluding tert-OH is 1. The van der Waals surface area contributed by atoms with Crippen LogP contribution in [0.15, 0.2) is 11.1 Å². The van der Waals surface area contributed by atoms with Gasteiger partial charge in [0.1, 0.15) is 0 Å². The molecule has 0 aromatic carbocycles. The van der Waals surface area contributed by atoms with E-state index in [1.807, 2.05) is 11.8 Å². The number of nitrogens with zero attached hydrogens (tertiary/aromatic N) is 2. The van der Waals surface area contributed by atoms with Crippen LogP contribution in [0.25, 0.3) is 0 Å². The molecule has 2 saturated heterocycles. The maximum atomic E-state index is 12.3. The number of rotatable bonds is 3.